The zero-order valence-corrected chi connectivity index (χ0v) is 26.3. The maximum Gasteiger partial charge on any atom is 0.334 e. The van der Waals surface area contributed by atoms with Crippen LogP contribution in [0, 0.1) is 46.3 Å². The Morgan fingerprint density at radius 3 is 2.34 bits per heavy atom. The zero-order chi connectivity index (χ0) is 28.6. The van der Waals surface area contributed by atoms with Gasteiger partial charge in [0.2, 0.25) is 11.8 Å². The van der Waals surface area contributed by atoms with Crippen molar-refractivity contribution in [2.45, 2.75) is 123 Å². The Balaban J connectivity index is 1.16. The minimum Gasteiger partial charge on any atom is -0.349 e. The first kappa shape index (κ1) is 29.6. The summed E-state index contributed by atoms with van der Waals surface area (Å²) < 4.78 is 3.13. The molecule has 0 unspecified atom stereocenters. The molecule has 0 spiro atoms. The smallest absolute Gasteiger partial charge is 0.334 e. The molecule has 7 heteroatoms. The van der Waals surface area contributed by atoms with Crippen molar-refractivity contribution in [2.75, 3.05) is 12.3 Å². The number of rotatable bonds is 6. The Labute approximate surface area is 252 Å². The summed E-state index contributed by atoms with van der Waals surface area (Å²) >= 11 is 1.54. The average Bonchev–Trinajstić information content (AvgIpc) is 3.34. The van der Waals surface area contributed by atoms with Crippen molar-refractivity contribution in [1.82, 2.24) is 14.9 Å². The Hall–Kier alpha value is -1.50. The van der Waals surface area contributed by atoms with E-state index in [0.717, 1.165) is 57.1 Å². The van der Waals surface area contributed by atoms with E-state index in [1.54, 1.807) is 11.0 Å². The molecule has 2 N–H and O–H groups in total. The van der Waals surface area contributed by atoms with Crippen molar-refractivity contribution >= 4 is 29.8 Å². The standard InChI is InChI=1S/C34H53N3O3S/c1-33-19-17-27-25(13-16-29-34(27,2)20-18-30(38)35-29)26(33)14-15-28(33)31(39)37(21-23-9-5-3-6-10-23)32(40)36-41-22-24-11-7-4-8-12-24/h18,20,23-29H,3-17,19,21-22H2,1-2H3,(H,35,38)(H,36,40)/t25-,26-,27-,28+,29+,33-,34+/m0/s1. The molecule has 6 aliphatic rings. The third kappa shape index (κ3) is 5.74. The first-order valence-corrected chi connectivity index (χ1v) is 18.0. The van der Waals surface area contributed by atoms with Gasteiger partial charge in [0.15, 0.2) is 0 Å². The fraction of sp³-hybridized carbons (Fsp3) is 0.853. The summed E-state index contributed by atoms with van der Waals surface area (Å²) in [5, 5.41) is 3.26. The fourth-order valence-electron chi connectivity index (χ4n) is 10.5. The molecule has 4 amide bonds. The van der Waals surface area contributed by atoms with Crippen LogP contribution < -0.4 is 10.0 Å². The Morgan fingerprint density at radius 1 is 0.902 bits per heavy atom. The van der Waals surface area contributed by atoms with Crippen molar-refractivity contribution < 1.29 is 14.4 Å². The van der Waals surface area contributed by atoms with Crippen LogP contribution >= 0.6 is 11.9 Å². The number of nitrogens with one attached hydrogen (secondary N) is 2. The molecular weight excluding hydrogens is 530 g/mol. The molecule has 1 heterocycles. The quantitative estimate of drug-likeness (QED) is 0.323. The Bertz CT molecular complexity index is 1020. The zero-order valence-electron chi connectivity index (χ0n) is 25.5. The molecule has 6 rings (SSSR count). The van der Waals surface area contributed by atoms with Crippen LogP contribution in [0.4, 0.5) is 4.79 Å². The summed E-state index contributed by atoms with van der Waals surface area (Å²) in [5.41, 5.74) is -0.0495. The monoisotopic (exact) mass is 583 g/mol. The summed E-state index contributed by atoms with van der Waals surface area (Å²) in [4.78, 5) is 42.0. The van der Waals surface area contributed by atoms with Gasteiger partial charge < -0.3 is 5.32 Å². The molecule has 0 bridgehead atoms. The lowest BCUT2D eigenvalue weighted by Gasteiger charge is -2.58. The lowest BCUT2D eigenvalue weighted by molar-refractivity contribution is -0.141. The largest absolute Gasteiger partial charge is 0.349 e. The fourth-order valence-corrected chi connectivity index (χ4v) is 11.3. The van der Waals surface area contributed by atoms with E-state index in [4.69, 9.17) is 0 Å². The minimum atomic E-state index is -0.168. The van der Waals surface area contributed by atoms with Gasteiger partial charge in [-0.2, -0.15) is 0 Å². The number of nitrogens with zero attached hydrogens (tertiary/aromatic N) is 1. The molecule has 0 radical (unpaired) electrons. The SMILES string of the molecule is C[C@]12C=CC(=O)N[C@@H]1CC[C@@H]1[C@@H]2CC[C@]2(C)[C@@H](C(=O)N(CC3CCCCC3)C(=O)NSCC3CCCCC3)CC[C@@H]12. The second kappa shape index (κ2) is 12.2. The van der Waals surface area contributed by atoms with Crippen LogP contribution in [-0.4, -0.2) is 41.1 Å². The normalized spacial score (nSPS) is 39.3. The molecule has 6 nitrogen and oxygen atoms in total. The van der Waals surface area contributed by atoms with Gasteiger partial charge in [-0.1, -0.05) is 58.4 Å². The van der Waals surface area contributed by atoms with Gasteiger partial charge in [0.25, 0.3) is 0 Å². The second-order valence-corrected chi connectivity index (χ2v) is 15.9. The molecule has 0 aromatic carbocycles. The van der Waals surface area contributed by atoms with E-state index in [-0.39, 0.29) is 40.6 Å². The highest BCUT2D eigenvalue weighted by molar-refractivity contribution is 7.97. The second-order valence-electron chi connectivity index (χ2n) is 15.1. The Morgan fingerprint density at radius 2 is 1.61 bits per heavy atom. The van der Waals surface area contributed by atoms with E-state index < -0.39 is 0 Å². The first-order chi connectivity index (χ1) is 19.8. The number of fused-ring (bicyclic) bond motifs is 5. The highest BCUT2D eigenvalue weighted by Crippen LogP contribution is 2.65. The maximum absolute atomic E-state index is 14.5. The topological polar surface area (TPSA) is 78.5 Å². The molecule has 5 saturated carbocycles. The third-order valence-corrected chi connectivity index (χ3v) is 13.8. The summed E-state index contributed by atoms with van der Waals surface area (Å²) in [7, 11) is 0. The number of urea groups is 1. The molecule has 7 atom stereocenters. The van der Waals surface area contributed by atoms with Gasteiger partial charge in [0, 0.05) is 29.7 Å². The molecule has 1 aliphatic heterocycles. The molecule has 0 saturated heterocycles. The third-order valence-electron chi connectivity index (χ3n) is 12.9. The number of imide groups is 1. The number of amides is 4. The number of carbonyl (C=O) groups is 3. The van der Waals surface area contributed by atoms with Crippen LogP contribution in [0.1, 0.15) is 117 Å². The lowest BCUT2D eigenvalue weighted by atomic mass is 9.48. The number of carbonyl (C=O) groups excluding carboxylic acids is 3. The van der Waals surface area contributed by atoms with E-state index >= 15 is 0 Å². The van der Waals surface area contributed by atoms with E-state index in [1.165, 1.54) is 63.3 Å². The predicted octanol–water partition coefficient (Wildman–Crippen LogP) is 7.25. The van der Waals surface area contributed by atoms with Crippen LogP contribution in [-0.2, 0) is 9.59 Å². The first-order valence-electron chi connectivity index (χ1n) is 17.0. The molecule has 0 aromatic heterocycles. The van der Waals surface area contributed by atoms with Crippen LogP contribution in [0.25, 0.3) is 0 Å². The van der Waals surface area contributed by atoms with Gasteiger partial charge in [-0.15, -0.1) is 0 Å². The van der Waals surface area contributed by atoms with Gasteiger partial charge in [-0.25, -0.2) is 4.79 Å². The Kier molecular flexibility index (Phi) is 8.83. The highest BCUT2D eigenvalue weighted by Gasteiger charge is 2.61. The van der Waals surface area contributed by atoms with E-state index in [2.05, 4.69) is 30.0 Å². The van der Waals surface area contributed by atoms with Gasteiger partial charge in [0.05, 0.1) is 0 Å². The summed E-state index contributed by atoms with van der Waals surface area (Å²) in [6.45, 7) is 5.32. The molecule has 41 heavy (non-hydrogen) atoms. The summed E-state index contributed by atoms with van der Waals surface area (Å²) in [6, 6.07) is 0.0588. The van der Waals surface area contributed by atoms with Crippen LogP contribution in [0.15, 0.2) is 12.2 Å². The molecule has 0 aromatic rings. The van der Waals surface area contributed by atoms with E-state index in [1.807, 2.05) is 0 Å². The van der Waals surface area contributed by atoms with E-state index in [0.29, 0.717) is 36.1 Å². The lowest BCUT2D eigenvalue weighted by Crippen LogP contribution is -2.59. The predicted molar refractivity (Wildman–Crippen MR) is 165 cm³/mol. The average molecular weight is 584 g/mol. The minimum absolute atomic E-state index is 0.00269. The van der Waals surface area contributed by atoms with Crippen LogP contribution in [0.5, 0.6) is 0 Å². The van der Waals surface area contributed by atoms with Gasteiger partial charge in [-0.05, 0) is 117 Å². The molecular formula is C34H53N3O3S. The number of hydrogen-bond donors (Lipinski definition) is 2. The maximum atomic E-state index is 14.5. The van der Waals surface area contributed by atoms with Crippen LogP contribution in [0.2, 0.25) is 0 Å². The van der Waals surface area contributed by atoms with Crippen LogP contribution in [0.3, 0.4) is 0 Å². The van der Waals surface area contributed by atoms with Gasteiger partial charge in [0.1, 0.15) is 0 Å². The summed E-state index contributed by atoms with van der Waals surface area (Å²) in [5.74, 6) is 3.79. The van der Waals surface area contributed by atoms with Crippen molar-refractivity contribution in [3.8, 4) is 0 Å². The summed E-state index contributed by atoms with van der Waals surface area (Å²) in [6.07, 6.45) is 22.7. The molecule has 5 aliphatic carbocycles. The van der Waals surface area contributed by atoms with Crippen molar-refractivity contribution in [3.05, 3.63) is 12.2 Å². The van der Waals surface area contributed by atoms with Crippen molar-refractivity contribution in [2.24, 2.45) is 46.3 Å². The molecule has 5 fully saturated rings. The highest BCUT2D eigenvalue weighted by atomic mass is 32.2. The number of hydrogen-bond acceptors (Lipinski definition) is 4. The van der Waals surface area contributed by atoms with Crippen molar-refractivity contribution in [1.29, 1.82) is 0 Å². The van der Waals surface area contributed by atoms with E-state index in [9.17, 15) is 14.4 Å². The molecule has 228 valence electrons. The van der Waals surface area contributed by atoms with Gasteiger partial charge in [-0.3, -0.25) is 19.2 Å². The van der Waals surface area contributed by atoms with Gasteiger partial charge >= 0.3 is 6.03 Å². The van der Waals surface area contributed by atoms with Crippen molar-refractivity contribution in [3.63, 3.8) is 0 Å².